The van der Waals surface area contributed by atoms with Crippen LogP contribution in [0.4, 0.5) is 0 Å². The first-order valence-corrected chi connectivity index (χ1v) is 9.52. The minimum Gasteiger partial charge on any atom is -0.352 e. The number of nitrogens with zero attached hydrogens (tertiary/aromatic N) is 1. The smallest absolute Gasteiger partial charge is 0.253 e. The third kappa shape index (κ3) is 7.69. The molecule has 2 amide bonds. The molecule has 0 fully saturated rings. The van der Waals surface area contributed by atoms with Gasteiger partial charge in [0.25, 0.3) is 11.8 Å². The zero-order valence-corrected chi connectivity index (χ0v) is 15.9. The van der Waals surface area contributed by atoms with E-state index < -0.39 is 0 Å². The first-order chi connectivity index (χ1) is 12.1. The third-order valence-corrected chi connectivity index (χ3v) is 3.89. The van der Waals surface area contributed by atoms with Crippen molar-refractivity contribution in [1.29, 1.82) is 0 Å². The van der Waals surface area contributed by atoms with Gasteiger partial charge in [-0.05, 0) is 57.0 Å². The SMILES string of the molecule is CCCNCCCNC(=O)c1cccc(C(=O)N(CCC)CCC)c1. The van der Waals surface area contributed by atoms with Crippen LogP contribution in [-0.2, 0) is 0 Å². The van der Waals surface area contributed by atoms with E-state index in [1.807, 2.05) is 4.90 Å². The summed E-state index contributed by atoms with van der Waals surface area (Å²) in [5.74, 6) is -0.121. The molecule has 0 spiro atoms. The maximum atomic E-state index is 12.6. The van der Waals surface area contributed by atoms with Crippen LogP contribution in [0.2, 0.25) is 0 Å². The topological polar surface area (TPSA) is 61.4 Å². The van der Waals surface area contributed by atoms with Crippen molar-refractivity contribution in [3.63, 3.8) is 0 Å². The Bertz CT molecular complexity index is 525. The molecular formula is C20H33N3O2. The highest BCUT2D eigenvalue weighted by molar-refractivity contribution is 5.99. The van der Waals surface area contributed by atoms with Crippen molar-refractivity contribution >= 4 is 11.8 Å². The first-order valence-electron chi connectivity index (χ1n) is 9.52. The highest BCUT2D eigenvalue weighted by Gasteiger charge is 2.15. The molecule has 140 valence electrons. The molecule has 0 bridgehead atoms. The van der Waals surface area contributed by atoms with Crippen molar-refractivity contribution in [2.24, 2.45) is 0 Å². The molecule has 0 aromatic heterocycles. The second-order valence-electron chi connectivity index (χ2n) is 6.23. The van der Waals surface area contributed by atoms with Crippen molar-refractivity contribution < 1.29 is 9.59 Å². The monoisotopic (exact) mass is 347 g/mol. The molecule has 5 nitrogen and oxygen atoms in total. The van der Waals surface area contributed by atoms with E-state index in [-0.39, 0.29) is 11.8 Å². The summed E-state index contributed by atoms with van der Waals surface area (Å²) in [6.07, 6.45) is 3.86. The predicted octanol–water partition coefficient (Wildman–Crippen LogP) is 3.07. The standard InChI is InChI=1S/C20H33N3O2/c1-4-11-21-12-8-13-22-19(24)17-9-7-10-18(16-17)20(25)23(14-5-2)15-6-3/h7,9-10,16,21H,4-6,8,11-15H2,1-3H3,(H,22,24). The predicted molar refractivity (Wildman–Crippen MR) is 103 cm³/mol. The summed E-state index contributed by atoms with van der Waals surface area (Å²) in [5.41, 5.74) is 1.12. The molecule has 0 atom stereocenters. The Hall–Kier alpha value is -1.88. The van der Waals surface area contributed by atoms with Crippen LogP contribution in [0, 0.1) is 0 Å². The second-order valence-corrected chi connectivity index (χ2v) is 6.23. The van der Waals surface area contributed by atoms with E-state index in [1.54, 1.807) is 24.3 Å². The summed E-state index contributed by atoms with van der Waals surface area (Å²) in [7, 11) is 0. The van der Waals surface area contributed by atoms with E-state index in [2.05, 4.69) is 31.4 Å². The molecule has 0 saturated heterocycles. The summed E-state index contributed by atoms with van der Waals surface area (Å²) in [4.78, 5) is 26.8. The Morgan fingerprint density at radius 1 is 0.920 bits per heavy atom. The number of benzene rings is 1. The zero-order chi connectivity index (χ0) is 18.5. The van der Waals surface area contributed by atoms with E-state index in [4.69, 9.17) is 0 Å². The minimum atomic E-state index is -0.123. The van der Waals surface area contributed by atoms with Gasteiger partial charge in [0, 0.05) is 30.8 Å². The van der Waals surface area contributed by atoms with E-state index in [0.717, 1.165) is 51.9 Å². The molecule has 1 rings (SSSR count). The van der Waals surface area contributed by atoms with E-state index in [1.165, 1.54) is 0 Å². The van der Waals surface area contributed by atoms with Gasteiger partial charge in [-0.2, -0.15) is 0 Å². The summed E-state index contributed by atoms with van der Waals surface area (Å²) < 4.78 is 0. The lowest BCUT2D eigenvalue weighted by Gasteiger charge is -2.21. The largest absolute Gasteiger partial charge is 0.352 e. The van der Waals surface area contributed by atoms with E-state index in [9.17, 15) is 9.59 Å². The Kier molecular flexibility index (Phi) is 10.6. The van der Waals surface area contributed by atoms with Crippen molar-refractivity contribution in [2.75, 3.05) is 32.7 Å². The lowest BCUT2D eigenvalue weighted by atomic mass is 10.1. The van der Waals surface area contributed by atoms with Gasteiger partial charge in [0.05, 0.1) is 0 Å². The minimum absolute atomic E-state index is 0.00196. The Morgan fingerprint density at radius 2 is 1.60 bits per heavy atom. The quantitative estimate of drug-likeness (QED) is 0.571. The van der Waals surface area contributed by atoms with Crippen molar-refractivity contribution in [3.8, 4) is 0 Å². The number of rotatable bonds is 12. The summed E-state index contributed by atoms with van der Waals surface area (Å²) >= 11 is 0. The fourth-order valence-electron chi connectivity index (χ4n) is 2.65. The average molecular weight is 348 g/mol. The van der Waals surface area contributed by atoms with Crippen molar-refractivity contribution in [2.45, 2.75) is 46.5 Å². The Labute approximate surface area is 152 Å². The van der Waals surface area contributed by atoms with E-state index in [0.29, 0.717) is 17.7 Å². The third-order valence-electron chi connectivity index (χ3n) is 3.89. The normalized spacial score (nSPS) is 10.5. The van der Waals surface area contributed by atoms with Crippen LogP contribution in [0.5, 0.6) is 0 Å². The van der Waals surface area contributed by atoms with Crippen LogP contribution in [0.15, 0.2) is 24.3 Å². The number of nitrogens with one attached hydrogen (secondary N) is 2. The van der Waals surface area contributed by atoms with Gasteiger partial charge in [0.15, 0.2) is 0 Å². The zero-order valence-electron chi connectivity index (χ0n) is 15.9. The van der Waals surface area contributed by atoms with Crippen LogP contribution in [0.1, 0.15) is 67.2 Å². The highest BCUT2D eigenvalue weighted by Crippen LogP contribution is 2.10. The number of carbonyl (C=O) groups excluding carboxylic acids is 2. The number of carbonyl (C=O) groups is 2. The highest BCUT2D eigenvalue weighted by atomic mass is 16.2. The Balaban J connectivity index is 2.60. The maximum absolute atomic E-state index is 12.6. The van der Waals surface area contributed by atoms with Gasteiger partial charge in [-0.15, -0.1) is 0 Å². The summed E-state index contributed by atoms with van der Waals surface area (Å²) in [6.45, 7) is 10.3. The van der Waals surface area contributed by atoms with Gasteiger partial charge >= 0.3 is 0 Å². The van der Waals surface area contributed by atoms with Gasteiger partial charge in [0.1, 0.15) is 0 Å². The lowest BCUT2D eigenvalue weighted by molar-refractivity contribution is 0.0755. The summed E-state index contributed by atoms with van der Waals surface area (Å²) in [5, 5.41) is 6.23. The average Bonchev–Trinajstić information content (AvgIpc) is 2.63. The number of hydrogen-bond acceptors (Lipinski definition) is 3. The van der Waals surface area contributed by atoms with Crippen LogP contribution < -0.4 is 10.6 Å². The molecule has 0 unspecified atom stereocenters. The second kappa shape index (κ2) is 12.5. The molecule has 0 aliphatic rings. The Morgan fingerprint density at radius 3 is 2.24 bits per heavy atom. The van der Waals surface area contributed by atoms with Crippen molar-refractivity contribution in [3.05, 3.63) is 35.4 Å². The molecule has 0 radical (unpaired) electrons. The van der Waals surface area contributed by atoms with E-state index >= 15 is 0 Å². The molecule has 0 aliphatic carbocycles. The van der Waals surface area contributed by atoms with Crippen LogP contribution in [0.25, 0.3) is 0 Å². The number of amides is 2. The van der Waals surface area contributed by atoms with Gasteiger partial charge in [-0.3, -0.25) is 9.59 Å². The lowest BCUT2D eigenvalue weighted by Crippen LogP contribution is -2.33. The molecular weight excluding hydrogens is 314 g/mol. The molecule has 25 heavy (non-hydrogen) atoms. The molecule has 1 aromatic rings. The molecule has 5 heteroatoms. The molecule has 0 heterocycles. The fraction of sp³-hybridized carbons (Fsp3) is 0.600. The summed E-state index contributed by atoms with van der Waals surface area (Å²) in [6, 6.07) is 7.02. The van der Waals surface area contributed by atoms with Gasteiger partial charge in [0.2, 0.25) is 0 Å². The van der Waals surface area contributed by atoms with Gasteiger partial charge in [-0.1, -0.05) is 26.8 Å². The van der Waals surface area contributed by atoms with Crippen LogP contribution in [0.3, 0.4) is 0 Å². The van der Waals surface area contributed by atoms with Gasteiger partial charge in [-0.25, -0.2) is 0 Å². The van der Waals surface area contributed by atoms with Crippen LogP contribution >= 0.6 is 0 Å². The number of hydrogen-bond donors (Lipinski definition) is 2. The molecule has 2 N–H and O–H groups in total. The van der Waals surface area contributed by atoms with Gasteiger partial charge < -0.3 is 15.5 Å². The van der Waals surface area contributed by atoms with Crippen molar-refractivity contribution in [1.82, 2.24) is 15.5 Å². The molecule has 0 aliphatic heterocycles. The molecule has 1 aromatic carbocycles. The first kappa shape index (κ1) is 21.2. The molecule has 0 saturated carbocycles. The van der Waals surface area contributed by atoms with Crippen LogP contribution in [-0.4, -0.2) is 49.4 Å². The maximum Gasteiger partial charge on any atom is 0.253 e. The fourth-order valence-corrected chi connectivity index (χ4v) is 2.65.